The fraction of sp³-hybridized carbons (Fsp3) is 0.375. The molecular weight excluding hydrogens is 494 g/mol. The van der Waals surface area contributed by atoms with Crippen molar-refractivity contribution in [1.29, 1.82) is 0 Å². The van der Waals surface area contributed by atoms with Gasteiger partial charge in [0.1, 0.15) is 5.82 Å². The number of pyridine rings is 1. The lowest BCUT2D eigenvalue weighted by Gasteiger charge is -2.19. The van der Waals surface area contributed by atoms with Crippen LogP contribution in [0.15, 0.2) is 30.6 Å². The number of fused-ring (bicyclic) bond motifs is 3. The van der Waals surface area contributed by atoms with Crippen LogP contribution in [0.25, 0.3) is 5.65 Å². The van der Waals surface area contributed by atoms with Crippen LogP contribution >= 0.6 is 11.6 Å². The van der Waals surface area contributed by atoms with E-state index in [1.807, 2.05) is 13.8 Å². The molecule has 190 valence electrons. The van der Waals surface area contributed by atoms with E-state index in [0.717, 1.165) is 17.8 Å². The fourth-order valence-corrected chi connectivity index (χ4v) is 4.66. The zero-order valence-corrected chi connectivity index (χ0v) is 21.1. The van der Waals surface area contributed by atoms with Crippen molar-refractivity contribution in [2.45, 2.75) is 38.0 Å². The van der Waals surface area contributed by atoms with E-state index in [2.05, 4.69) is 20.4 Å². The highest BCUT2D eigenvalue weighted by Gasteiger charge is 2.43. The van der Waals surface area contributed by atoms with E-state index in [0.29, 0.717) is 17.6 Å². The first-order chi connectivity index (χ1) is 16.9. The minimum Gasteiger partial charge on any atom is -0.480 e. The van der Waals surface area contributed by atoms with Crippen molar-refractivity contribution >= 4 is 34.8 Å². The summed E-state index contributed by atoms with van der Waals surface area (Å²) in [5.41, 5.74) is 0.621. The molecule has 1 unspecified atom stereocenters. The molecule has 9 nitrogen and oxygen atoms in total. The molecule has 1 amide bonds. The van der Waals surface area contributed by atoms with Gasteiger partial charge in [0.15, 0.2) is 16.6 Å². The summed E-state index contributed by atoms with van der Waals surface area (Å²) in [5, 5.41) is 7.20. The van der Waals surface area contributed by atoms with Crippen LogP contribution in [0.5, 0.6) is 5.88 Å². The Kier molecular flexibility index (Phi) is 6.70. The molecule has 0 aromatic carbocycles. The second-order valence-electron chi connectivity index (χ2n) is 9.35. The number of rotatable bonds is 7. The molecule has 0 fully saturated rings. The second-order valence-corrected chi connectivity index (χ2v) is 9.74. The van der Waals surface area contributed by atoms with E-state index in [9.17, 15) is 18.4 Å². The molecule has 3 heterocycles. The smallest absolute Gasteiger partial charge is 0.264 e. The Hall–Kier alpha value is -3.60. The number of nitrogens with one attached hydrogen (secondary N) is 1. The second kappa shape index (κ2) is 9.45. The van der Waals surface area contributed by atoms with Crippen LogP contribution in [0.4, 0.5) is 14.6 Å². The van der Waals surface area contributed by atoms with Gasteiger partial charge in [-0.3, -0.25) is 9.59 Å². The highest BCUT2D eigenvalue weighted by Crippen LogP contribution is 2.46. The Morgan fingerprint density at radius 2 is 2.06 bits per heavy atom. The number of aromatic nitrogens is 4. The molecule has 3 aromatic heterocycles. The van der Waals surface area contributed by atoms with Gasteiger partial charge in [-0.1, -0.05) is 25.4 Å². The number of anilines is 1. The average Bonchev–Trinajstić information content (AvgIpc) is 3.32. The molecule has 1 aliphatic carbocycles. The predicted molar refractivity (Wildman–Crippen MR) is 130 cm³/mol. The quantitative estimate of drug-likeness (QED) is 0.365. The number of ketones is 1. The number of amides is 1. The summed E-state index contributed by atoms with van der Waals surface area (Å²) >= 11 is 6.06. The number of hydrogen-bond donors (Lipinski definition) is 1. The van der Waals surface area contributed by atoms with E-state index < -0.39 is 35.0 Å². The number of ether oxygens (including phenoxy) is 1. The summed E-state index contributed by atoms with van der Waals surface area (Å²) in [6.07, 6.45) is 1.62. The van der Waals surface area contributed by atoms with Gasteiger partial charge in [-0.25, -0.2) is 18.3 Å². The van der Waals surface area contributed by atoms with Crippen molar-refractivity contribution in [2.24, 2.45) is 0 Å². The minimum atomic E-state index is -3.00. The standard InChI is InChI=1S/C24H25ClF2N6O3/c1-24(2)10-13(14-11-28-18-9-16(25)31-33(18)20(14)24)22(35)29-17-8-12(21(26)27)19(23(30-17)36-5)15(34)6-7-32(3)4/h6-9,11,13,21H,10H2,1-5H3,(H,29,30,35)/b7-6+. The highest BCUT2D eigenvalue weighted by molar-refractivity contribution is 6.29. The molecule has 3 aromatic rings. The Bertz CT molecular complexity index is 1390. The summed E-state index contributed by atoms with van der Waals surface area (Å²) in [5.74, 6) is -2.24. The van der Waals surface area contributed by atoms with Gasteiger partial charge in [-0.05, 0) is 12.5 Å². The van der Waals surface area contributed by atoms with Crippen molar-refractivity contribution in [1.82, 2.24) is 24.5 Å². The molecule has 0 aliphatic heterocycles. The molecule has 0 saturated heterocycles. The summed E-state index contributed by atoms with van der Waals surface area (Å²) < 4.78 is 34.7. The number of hydrogen-bond acceptors (Lipinski definition) is 7. The maximum Gasteiger partial charge on any atom is 0.264 e. The average molecular weight is 519 g/mol. The lowest BCUT2D eigenvalue weighted by Crippen LogP contribution is -2.22. The Morgan fingerprint density at radius 1 is 1.33 bits per heavy atom. The van der Waals surface area contributed by atoms with Crippen LogP contribution in [0.2, 0.25) is 5.15 Å². The van der Waals surface area contributed by atoms with Gasteiger partial charge in [0.25, 0.3) is 6.43 Å². The zero-order valence-electron chi connectivity index (χ0n) is 20.3. The molecule has 1 atom stereocenters. The number of allylic oxidation sites excluding steroid dienone is 1. The fourth-order valence-electron chi connectivity index (χ4n) is 4.49. The van der Waals surface area contributed by atoms with Crippen molar-refractivity contribution in [3.05, 3.63) is 58.1 Å². The molecule has 0 radical (unpaired) electrons. The number of methoxy groups -OCH3 is 1. The van der Waals surface area contributed by atoms with E-state index in [1.54, 1.807) is 35.8 Å². The SMILES string of the molecule is COc1nc(NC(=O)C2CC(C)(C)c3c2cnc2cc(Cl)nn32)cc(C(F)F)c1C(=O)/C=C/N(C)C. The predicted octanol–water partition coefficient (Wildman–Crippen LogP) is 4.39. The van der Waals surface area contributed by atoms with Gasteiger partial charge in [0, 0.05) is 55.2 Å². The van der Waals surface area contributed by atoms with Gasteiger partial charge >= 0.3 is 0 Å². The molecule has 0 bridgehead atoms. The normalized spacial score (nSPS) is 16.5. The molecule has 12 heteroatoms. The van der Waals surface area contributed by atoms with E-state index in [-0.39, 0.29) is 22.4 Å². The van der Waals surface area contributed by atoms with Crippen LogP contribution in [0.3, 0.4) is 0 Å². The lowest BCUT2D eigenvalue weighted by atomic mass is 9.88. The maximum absolute atomic E-state index is 14.0. The first kappa shape index (κ1) is 25.5. The monoisotopic (exact) mass is 518 g/mol. The number of carbonyl (C=O) groups is 2. The summed E-state index contributed by atoms with van der Waals surface area (Å²) in [6, 6.07) is 2.63. The topological polar surface area (TPSA) is 102 Å². The largest absolute Gasteiger partial charge is 0.480 e. The van der Waals surface area contributed by atoms with Crippen LogP contribution in [-0.4, -0.2) is 57.4 Å². The number of halogens is 3. The first-order valence-electron chi connectivity index (χ1n) is 11.0. The van der Waals surface area contributed by atoms with Crippen LogP contribution < -0.4 is 10.1 Å². The third-order valence-corrected chi connectivity index (χ3v) is 6.18. The van der Waals surface area contributed by atoms with Gasteiger partial charge in [0.05, 0.1) is 24.3 Å². The van der Waals surface area contributed by atoms with Crippen molar-refractivity contribution < 1.29 is 23.1 Å². The molecule has 36 heavy (non-hydrogen) atoms. The van der Waals surface area contributed by atoms with Gasteiger partial charge in [0.2, 0.25) is 11.8 Å². The minimum absolute atomic E-state index is 0.150. The Balaban J connectivity index is 1.70. The third kappa shape index (κ3) is 4.62. The summed E-state index contributed by atoms with van der Waals surface area (Å²) in [7, 11) is 4.60. The maximum atomic E-state index is 14.0. The molecule has 4 rings (SSSR count). The first-order valence-corrected chi connectivity index (χ1v) is 11.4. The third-order valence-electron chi connectivity index (χ3n) is 6.00. The van der Waals surface area contributed by atoms with E-state index in [4.69, 9.17) is 16.3 Å². The van der Waals surface area contributed by atoms with Crippen molar-refractivity contribution in [2.75, 3.05) is 26.5 Å². The van der Waals surface area contributed by atoms with Crippen LogP contribution in [0, 0.1) is 0 Å². The Labute approximate surface area is 211 Å². The summed E-state index contributed by atoms with van der Waals surface area (Å²) in [4.78, 5) is 36.1. The molecular formula is C24H25ClF2N6O3. The van der Waals surface area contributed by atoms with E-state index >= 15 is 0 Å². The van der Waals surface area contributed by atoms with E-state index in [1.165, 1.54) is 13.3 Å². The number of alkyl halides is 2. The van der Waals surface area contributed by atoms with Crippen LogP contribution in [-0.2, 0) is 10.2 Å². The molecule has 1 N–H and O–H groups in total. The zero-order chi connectivity index (χ0) is 26.4. The van der Waals surface area contributed by atoms with Gasteiger partial charge in [-0.15, -0.1) is 0 Å². The number of nitrogens with zero attached hydrogens (tertiary/aromatic N) is 5. The summed E-state index contributed by atoms with van der Waals surface area (Å²) in [6.45, 7) is 3.96. The Morgan fingerprint density at radius 3 is 2.69 bits per heavy atom. The molecule has 0 saturated carbocycles. The number of carbonyl (C=O) groups excluding carboxylic acids is 2. The highest BCUT2D eigenvalue weighted by atomic mass is 35.5. The van der Waals surface area contributed by atoms with Gasteiger partial charge < -0.3 is 15.0 Å². The lowest BCUT2D eigenvalue weighted by molar-refractivity contribution is -0.117. The van der Waals surface area contributed by atoms with Crippen molar-refractivity contribution in [3.8, 4) is 5.88 Å². The van der Waals surface area contributed by atoms with Crippen LogP contribution in [0.1, 0.15) is 59.8 Å². The molecule has 1 aliphatic rings. The van der Waals surface area contributed by atoms with Crippen molar-refractivity contribution in [3.63, 3.8) is 0 Å². The molecule has 0 spiro atoms. The van der Waals surface area contributed by atoms with Gasteiger partial charge in [-0.2, -0.15) is 10.1 Å².